The highest BCUT2D eigenvalue weighted by Crippen LogP contribution is 2.28. The van der Waals surface area contributed by atoms with Crippen LogP contribution >= 0.6 is 0 Å². The maximum Gasteiger partial charge on any atom is 0.338 e. The van der Waals surface area contributed by atoms with Gasteiger partial charge in [-0.1, -0.05) is 19.1 Å². The summed E-state index contributed by atoms with van der Waals surface area (Å²) in [6.45, 7) is 5.09. The van der Waals surface area contributed by atoms with Crippen LogP contribution in [0.5, 0.6) is 0 Å². The molecule has 1 fully saturated rings. The minimum absolute atomic E-state index is 0.280. The second-order valence-corrected chi connectivity index (χ2v) is 5.31. The van der Waals surface area contributed by atoms with Gasteiger partial charge in [0.25, 0.3) is 0 Å². The summed E-state index contributed by atoms with van der Waals surface area (Å²) < 4.78 is 4.96. The van der Waals surface area contributed by atoms with Gasteiger partial charge in [0.2, 0.25) is 0 Å². The standard InChI is InChI=1S/C16H23N3O2/c1-4-21-15(20)13-7-5-12(6-8-13)10-18-16(17-3)19-14-9-11(14)2/h5-8,11,14H,4,9-10H2,1-3H3,(H2,17,18,19). The molecule has 5 nitrogen and oxygen atoms in total. The van der Waals surface area contributed by atoms with Gasteiger partial charge in [-0.2, -0.15) is 0 Å². The first-order valence-corrected chi connectivity index (χ1v) is 7.37. The molecule has 1 aliphatic rings. The third-order valence-electron chi connectivity index (χ3n) is 3.58. The van der Waals surface area contributed by atoms with Crippen molar-refractivity contribution in [2.45, 2.75) is 32.9 Å². The fourth-order valence-electron chi connectivity index (χ4n) is 2.05. The van der Waals surface area contributed by atoms with E-state index in [4.69, 9.17) is 4.74 Å². The maximum absolute atomic E-state index is 11.6. The van der Waals surface area contributed by atoms with Crippen LogP contribution in [0, 0.1) is 5.92 Å². The molecule has 0 saturated heterocycles. The van der Waals surface area contributed by atoms with Crippen molar-refractivity contribution in [1.82, 2.24) is 10.6 Å². The Balaban J connectivity index is 1.83. The van der Waals surface area contributed by atoms with Crippen LogP contribution in [0.15, 0.2) is 29.3 Å². The molecule has 2 unspecified atom stereocenters. The molecule has 0 spiro atoms. The number of hydrogen-bond donors (Lipinski definition) is 2. The van der Waals surface area contributed by atoms with Crippen LogP contribution in [0.3, 0.4) is 0 Å². The van der Waals surface area contributed by atoms with Crippen molar-refractivity contribution in [2.75, 3.05) is 13.7 Å². The molecule has 1 saturated carbocycles. The number of esters is 1. The van der Waals surface area contributed by atoms with Gasteiger partial charge in [-0.25, -0.2) is 4.79 Å². The smallest absolute Gasteiger partial charge is 0.338 e. The Bertz CT molecular complexity index is 511. The SMILES string of the molecule is CCOC(=O)c1ccc(CNC(=NC)NC2CC2C)cc1. The first-order chi connectivity index (χ1) is 10.1. The van der Waals surface area contributed by atoms with Gasteiger partial charge in [0.05, 0.1) is 12.2 Å². The molecular formula is C16H23N3O2. The first kappa shape index (κ1) is 15.4. The van der Waals surface area contributed by atoms with Gasteiger partial charge < -0.3 is 15.4 Å². The second-order valence-electron chi connectivity index (χ2n) is 5.31. The highest BCUT2D eigenvalue weighted by molar-refractivity contribution is 5.89. The van der Waals surface area contributed by atoms with Crippen molar-refractivity contribution in [1.29, 1.82) is 0 Å². The average Bonchev–Trinajstić information content (AvgIpc) is 3.19. The quantitative estimate of drug-likeness (QED) is 0.494. The molecule has 2 rings (SSSR count). The number of guanidine groups is 1. The Kier molecular flexibility index (Phi) is 5.20. The highest BCUT2D eigenvalue weighted by Gasteiger charge is 2.33. The number of rotatable bonds is 5. The van der Waals surface area contributed by atoms with Crippen LogP contribution < -0.4 is 10.6 Å². The third kappa shape index (κ3) is 4.48. The summed E-state index contributed by atoms with van der Waals surface area (Å²) in [4.78, 5) is 15.8. The van der Waals surface area contributed by atoms with Crippen molar-refractivity contribution in [3.8, 4) is 0 Å². The van der Waals surface area contributed by atoms with E-state index in [0.717, 1.165) is 17.4 Å². The number of ether oxygens (including phenoxy) is 1. The van der Waals surface area contributed by atoms with Gasteiger partial charge >= 0.3 is 5.97 Å². The van der Waals surface area contributed by atoms with E-state index >= 15 is 0 Å². The lowest BCUT2D eigenvalue weighted by molar-refractivity contribution is 0.0526. The monoisotopic (exact) mass is 289 g/mol. The van der Waals surface area contributed by atoms with Crippen molar-refractivity contribution in [3.05, 3.63) is 35.4 Å². The van der Waals surface area contributed by atoms with E-state index in [1.54, 1.807) is 26.1 Å². The summed E-state index contributed by atoms with van der Waals surface area (Å²) in [6.07, 6.45) is 1.20. The molecule has 0 aromatic heterocycles. The molecule has 0 bridgehead atoms. The average molecular weight is 289 g/mol. The topological polar surface area (TPSA) is 62.7 Å². The van der Waals surface area contributed by atoms with Crippen LogP contribution in [-0.2, 0) is 11.3 Å². The van der Waals surface area contributed by atoms with E-state index in [0.29, 0.717) is 24.8 Å². The number of aliphatic imine (C=N–C) groups is 1. The van der Waals surface area contributed by atoms with Crippen LogP contribution in [0.2, 0.25) is 0 Å². The summed E-state index contributed by atoms with van der Waals surface area (Å²) in [5.74, 6) is 1.27. The predicted octanol–water partition coefficient (Wildman–Crippen LogP) is 1.94. The minimum atomic E-state index is -0.280. The first-order valence-electron chi connectivity index (χ1n) is 7.37. The van der Waals surface area contributed by atoms with Gasteiger partial charge in [-0.05, 0) is 37.0 Å². The van der Waals surface area contributed by atoms with Gasteiger partial charge in [-0.15, -0.1) is 0 Å². The van der Waals surface area contributed by atoms with Crippen LogP contribution in [0.4, 0.5) is 0 Å². The highest BCUT2D eigenvalue weighted by atomic mass is 16.5. The second kappa shape index (κ2) is 7.11. The lowest BCUT2D eigenvalue weighted by Crippen LogP contribution is -2.38. The van der Waals surface area contributed by atoms with E-state index < -0.39 is 0 Å². The van der Waals surface area contributed by atoms with E-state index in [1.165, 1.54) is 6.42 Å². The Morgan fingerprint density at radius 1 is 1.38 bits per heavy atom. The van der Waals surface area contributed by atoms with Gasteiger partial charge in [0.1, 0.15) is 0 Å². The normalized spacial score (nSPS) is 20.8. The van der Waals surface area contributed by atoms with Gasteiger partial charge in [0.15, 0.2) is 5.96 Å². The molecule has 0 aliphatic heterocycles. The summed E-state index contributed by atoms with van der Waals surface area (Å²) in [5.41, 5.74) is 1.67. The molecule has 1 aromatic rings. The van der Waals surface area contributed by atoms with Crippen molar-refractivity contribution < 1.29 is 9.53 Å². The van der Waals surface area contributed by atoms with Gasteiger partial charge in [0, 0.05) is 19.6 Å². The van der Waals surface area contributed by atoms with Crippen LogP contribution in [0.25, 0.3) is 0 Å². The summed E-state index contributed by atoms with van der Waals surface area (Å²) >= 11 is 0. The zero-order valence-corrected chi connectivity index (χ0v) is 12.8. The molecule has 0 heterocycles. The molecule has 2 N–H and O–H groups in total. The third-order valence-corrected chi connectivity index (χ3v) is 3.58. The molecule has 0 radical (unpaired) electrons. The lowest BCUT2D eigenvalue weighted by Gasteiger charge is -2.11. The Morgan fingerprint density at radius 2 is 2.05 bits per heavy atom. The van der Waals surface area contributed by atoms with E-state index in [9.17, 15) is 4.79 Å². The lowest BCUT2D eigenvalue weighted by atomic mass is 10.1. The number of carbonyl (C=O) groups is 1. The molecular weight excluding hydrogens is 266 g/mol. The van der Waals surface area contributed by atoms with Crippen LogP contribution in [-0.4, -0.2) is 31.6 Å². The fraction of sp³-hybridized carbons (Fsp3) is 0.500. The Hall–Kier alpha value is -2.04. The molecule has 21 heavy (non-hydrogen) atoms. The predicted molar refractivity (Wildman–Crippen MR) is 83.3 cm³/mol. The molecule has 1 aliphatic carbocycles. The Morgan fingerprint density at radius 3 is 2.57 bits per heavy atom. The van der Waals surface area contributed by atoms with Crippen molar-refractivity contribution >= 4 is 11.9 Å². The number of nitrogens with zero attached hydrogens (tertiary/aromatic N) is 1. The summed E-state index contributed by atoms with van der Waals surface area (Å²) in [5, 5.41) is 6.65. The van der Waals surface area contributed by atoms with Crippen molar-refractivity contribution in [2.24, 2.45) is 10.9 Å². The fourth-order valence-corrected chi connectivity index (χ4v) is 2.05. The molecule has 114 valence electrons. The molecule has 1 aromatic carbocycles. The van der Waals surface area contributed by atoms with Crippen LogP contribution in [0.1, 0.15) is 36.2 Å². The van der Waals surface area contributed by atoms with Crippen molar-refractivity contribution in [3.63, 3.8) is 0 Å². The molecule has 0 amide bonds. The zero-order chi connectivity index (χ0) is 15.2. The summed E-state index contributed by atoms with van der Waals surface area (Å²) in [7, 11) is 1.77. The van der Waals surface area contributed by atoms with E-state index in [1.807, 2.05) is 12.1 Å². The Labute approximate surface area is 125 Å². The molecule has 2 atom stereocenters. The maximum atomic E-state index is 11.6. The van der Waals surface area contributed by atoms with E-state index in [2.05, 4.69) is 22.5 Å². The van der Waals surface area contributed by atoms with E-state index in [-0.39, 0.29) is 5.97 Å². The number of benzene rings is 1. The van der Waals surface area contributed by atoms with Gasteiger partial charge in [-0.3, -0.25) is 4.99 Å². The zero-order valence-electron chi connectivity index (χ0n) is 12.8. The summed E-state index contributed by atoms with van der Waals surface area (Å²) in [6, 6.07) is 7.96. The number of carbonyl (C=O) groups excluding carboxylic acids is 1. The minimum Gasteiger partial charge on any atom is -0.462 e. The number of hydrogen-bond acceptors (Lipinski definition) is 3. The number of nitrogens with one attached hydrogen (secondary N) is 2. The molecule has 5 heteroatoms. The largest absolute Gasteiger partial charge is 0.462 e.